The maximum atomic E-state index is 13.4. The topological polar surface area (TPSA) is 36.7 Å². The van der Waals surface area contributed by atoms with Crippen LogP contribution in [0.3, 0.4) is 0 Å². The molecule has 1 aromatic carbocycles. The van der Waals surface area contributed by atoms with Gasteiger partial charge in [0.1, 0.15) is 5.52 Å². The van der Waals surface area contributed by atoms with Crippen molar-refractivity contribution in [2.75, 3.05) is 0 Å². The van der Waals surface area contributed by atoms with Gasteiger partial charge in [0, 0.05) is 11.1 Å². The van der Waals surface area contributed by atoms with Crippen molar-refractivity contribution >= 4 is 10.9 Å². The van der Waals surface area contributed by atoms with E-state index in [1.807, 2.05) is 6.07 Å². The molecule has 0 N–H and O–H groups in total. The van der Waals surface area contributed by atoms with Crippen LogP contribution in [0.1, 0.15) is 11.3 Å². The fraction of sp³-hybridized carbons (Fsp3) is 0.0909. The van der Waals surface area contributed by atoms with E-state index in [0.29, 0.717) is 16.5 Å². The molecule has 0 atom stereocenters. The van der Waals surface area contributed by atoms with Gasteiger partial charge in [-0.1, -0.05) is 6.07 Å². The number of halogens is 1. The van der Waals surface area contributed by atoms with Crippen LogP contribution < -0.4 is 0 Å². The van der Waals surface area contributed by atoms with E-state index in [-0.39, 0.29) is 0 Å². The fourth-order valence-electron chi connectivity index (χ4n) is 1.35. The Morgan fingerprint density at radius 3 is 2.86 bits per heavy atom. The third kappa shape index (κ3) is 1.31. The van der Waals surface area contributed by atoms with Crippen molar-refractivity contribution in [1.82, 2.24) is 4.98 Å². The standard InChI is InChI=1S/C11H7FN2/c1-7-2-3-9-4-8(6-13)5-10(12)11(9)14-7/h2-5H,1H3. The summed E-state index contributed by atoms with van der Waals surface area (Å²) in [5.41, 5.74) is 1.41. The van der Waals surface area contributed by atoms with E-state index in [0.717, 1.165) is 5.69 Å². The molecule has 1 heterocycles. The molecule has 0 radical (unpaired) electrons. The van der Waals surface area contributed by atoms with Gasteiger partial charge in [0.05, 0.1) is 11.6 Å². The van der Waals surface area contributed by atoms with Crippen LogP contribution in [0.5, 0.6) is 0 Å². The predicted molar refractivity (Wildman–Crippen MR) is 51.2 cm³/mol. The maximum absolute atomic E-state index is 13.4. The summed E-state index contributed by atoms with van der Waals surface area (Å²) in [6.45, 7) is 1.80. The van der Waals surface area contributed by atoms with Crippen LogP contribution >= 0.6 is 0 Å². The largest absolute Gasteiger partial charge is 0.250 e. The summed E-state index contributed by atoms with van der Waals surface area (Å²) in [5.74, 6) is -0.442. The van der Waals surface area contributed by atoms with Gasteiger partial charge in [-0.05, 0) is 25.1 Å². The summed E-state index contributed by atoms with van der Waals surface area (Å²) in [6, 6.07) is 8.30. The number of nitriles is 1. The smallest absolute Gasteiger partial charge is 0.150 e. The lowest BCUT2D eigenvalue weighted by molar-refractivity contribution is 0.636. The zero-order valence-corrected chi connectivity index (χ0v) is 7.58. The van der Waals surface area contributed by atoms with Gasteiger partial charge in [-0.15, -0.1) is 0 Å². The quantitative estimate of drug-likeness (QED) is 0.634. The summed E-state index contributed by atoms with van der Waals surface area (Å²) in [6.07, 6.45) is 0. The predicted octanol–water partition coefficient (Wildman–Crippen LogP) is 2.55. The lowest BCUT2D eigenvalue weighted by atomic mass is 10.1. The molecule has 0 amide bonds. The molecule has 0 spiro atoms. The van der Waals surface area contributed by atoms with Gasteiger partial charge in [0.15, 0.2) is 5.82 Å². The van der Waals surface area contributed by atoms with Crippen LogP contribution in [-0.2, 0) is 0 Å². The summed E-state index contributed by atoms with van der Waals surface area (Å²) < 4.78 is 13.4. The molecule has 3 heteroatoms. The number of benzene rings is 1. The Balaban J connectivity index is 2.84. The minimum atomic E-state index is -0.442. The van der Waals surface area contributed by atoms with Crippen molar-refractivity contribution in [2.24, 2.45) is 0 Å². The van der Waals surface area contributed by atoms with Crippen molar-refractivity contribution in [3.63, 3.8) is 0 Å². The molecule has 0 saturated heterocycles. The first-order valence-corrected chi connectivity index (χ1v) is 4.18. The second-order valence-electron chi connectivity index (χ2n) is 3.09. The number of hydrogen-bond donors (Lipinski definition) is 0. The normalized spacial score (nSPS) is 10.1. The van der Waals surface area contributed by atoms with Gasteiger partial charge in [0.2, 0.25) is 0 Å². The first kappa shape index (κ1) is 8.64. The Hall–Kier alpha value is -1.95. The molecule has 0 aliphatic carbocycles. The Kier molecular flexibility index (Phi) is 1.90. The molecule has 0 bridgehead atoms. The lowest BCUT2D eigenvalue weighted by Gasteiger charge is -2.00. The van der Waals surface area contributed by atoms with Crippen molar-refractivity contribution in [3.8, 4) is 6.07 Å². The third-order valence-electron chi connectivity index (χ3n) is 2.01. The SMILES string of the molecule is Cc1ccc2cc(C#N)cc(F)c2n1. The molecule has 0 unspecified atom stereocenters. The Bertz CT molecular complexity index is 541. The van der Waals surface area contributed by atoms with Crippen LogP contribution in [0.4, 0.5) is 4.39 Å². The summed E-state index contributed by atoms with van der Waals surface area (Å²) in [4.78, 5) is 4.07. The number of fused-ring (bicyclic) bond motifs is 1. The molecule has 0 aliphatic heterocycles. The number of pyridine rings is 1. The highest BCUT2D eigenvalue weighted by molar-refractivity contribution is 5.80. The van der Waals surface area contributed by atoms with Crippen LogP contribution in [-0.4, -0.2) is 4.98 Å². The van der Waals surface area contributed by atoms with Gasteiger partial charge in [-0.25, -0.2) is 4.39 Å². The molecular weight excluding hydrogens is 179 g/mol. The van der Waals surface area contributed by atoms with E-state index in [4.69, 9.17) is 5.26 Å². The van der Waals surface area contributed by atoms with Crippen molar-refractivity contribution in [1.29, 1.82) is 5.26 Å². The Labute approximate surface area is 80.6 Å². The molecule has 0 fully saturated rings. The fourth-order valence-corrected chi connectivity index (χ4v) is 1.35. The van der Waals surface area contributed by atoms with Gasteiger partial charge >= 0.3 is 0 Å². The van der Waals surface area contributed by atoms with Crippen LogP contribution in [0.25, 0.3) is 10.9 Å². The van der Waals surface area contributed by atoms with Gasteiger partial charge in [-0.3, -0.25) is 4.98 Å². The van der Waals surface area contributed by atoms with E-state index in [1.165, 1.54) is 6.07 Å². The second-order valence-corrected chi connectivity index (χ2v) is 3.09. The van der Waals surface area contributed by atoms with E-state index >= 15 is 0 Å². The second kappa shape index (κ2) is 3.08. The average Bonchev–Trinajstić information content (AvgIpc) is 2.19. The lowest BCUT2D eigenvalue weighted by Crippen LogP contribution is -1.88. The monoisotopic (exact) mass is 186 g/mol. The molecule has 2 rings (SSSR count). The third-order valence-corrected chi connectivity index (χ3v) is 2.01. The molecular formula is C11H7FN2. The average molecular weight is 186 g/mol. The zero-order chi connectivity index (χ0) is 10.1. The highest BCUT2D eigenvalue weighted by Gasteiger charge is 2.04. The van der Waals surface area contributed by atoms with Crippen molar-refractivity contribution < 1.29 is 4.39 Å². The Morgan fingerprint density at radius 1 is 1.36 bits per heavy atom. The van der Waals surface area contributed by atoms with E-state index < -0.39 is 5.82 Å². The van der Waals surface area contributed by atoms with Gasteiger partial charge < -0.3 is 0 Å². The van der Waals surface area contributed by atoms with Gasteiger partial charge in [-0.2, -0.15) is 5.26 Å². The molecule has 0 aliphatic rings. The molecule has 68 valence electrons. The van der Waals surface area contributed by atoms with E-state index in [9.17, 15) is 4.39 Å². The maximum Gasteiger partial charge on any atom is 0.150 e. The summed E-state index contributed by atoms with van der Waals surface area (Å²) in [5, 5.41) is 9.30. The van der Waals surface area contributed by atoms with Crippen LogP contribution in [0.15, 0.2) is 24.3 Å². The number of rotatable bonds is 0. The number of aromatic nitrogens is 1. The van der Waals surface area contributed by atoms with E-state index in [2.05, 4.69) is 4.98 Å². The first-order valence-electron chi connectivity index (χ1n) is 4.18. The Morgan fingerprint density at radius 2 is 2.14 bits per heavy atom. The van der Waals surface area contributed by atoms with Crippen LogP contribution in [0.2, 0.25) is 0 Å². The van der Waals surface area contributed by atoms with Crippen molar-refractivity contribution in [2.45, 2.75) is 6.92 Å². The minimum absolute atomic E-state index is 0.320. The number of hydrogen-bond acceptors (Lipinski definition) is 2. The first-order chi connectivity index (χ1) is 6.70. The van der Waals surface area contributed by atoms with E-state index in [1.54, 1.807) is 25.1 Å². The minimum Gasteiger partial charge on any atom is -0.250 e. The summed E-state index contributed by atoms with van der Waals surface area (Å²) in [7, 11) is 0. The number of nitrogens with zero attached hydrogens (tertiary/aromatic N) is 2. The molecule has 1 aromatic heterocycles. The van der Waals surface area contributed by atoms with Crippen molar-refractivity contribution in [3.05, 3.63) is 41.3 Å². The molecule has 2 nitrogen and oxygen atoms in total. The molecule has 0 saturated carbocycles. The van der Waals surface area contributed by atoms with Crippen LogP contribution in [0, 0.1) is 24.1 Å². The van der Waals surface area contributed by atoms with Gasteiger partial charge in [0.25, 0.3) is 0 Å². The zero-order valence-electron chi connectivity index (χ0n) is 7.58. The highest BCUT2D eigenvalue weighted by atomic mass is 19.1. The molecule has 2 aromatic rings. The highest BCUT2D eigenvalue weighted by Crippen LogP contribution is 2.18. The molecule has 14 heavy (non-hydrogen) atoms. The number of aryl methyl sites for hydroxylation is 1. The summed E-state index contributed by atoms with van der Waals surface area (Å²) >= 11 is 0.